The van der Waals surface area contributed by atoms with Gasteiger partial charge in [-0.15, -0.1) is 0 Å². The Bertz CT molecular complexity index is 391. The molecule has 0 bridgehead atoms. The molecule has 1 saturated heterocycles. The van der Waals surface area contributed by atoms with E-state index in [2.05, 4.69) is 15.9 Å². The van der Waals surface area contributed by atoms with Crippen molar-refractivity contribution in [2.75, 3.05) is 6.61 Å². The monoisotopic (exact) mass is 316 g/mol. The van der Waals surface area contributed by atoms with Crippen LogP contribution in [0.1, 0.15) is 31.2 Å². The number of hydrogen-bond donors (Lipinski definition) is 1. The number of rotatable bonds is 4. The van der Waals surface area contributed by atoms with E-state index < -0.39 is 6.10 Å². The highest BCUT2D eigenvalue weighted by Gasteiger charge is 2.19. The van der Waals surface area contributed by atoms with Gasteiger partial charge < -0.3 is 9.84 Å². The van der Waals surface area contributed by atoms with Crippen LogP contribution in [-0.4, -0.2) is 23.9 Å². The zero-order valence-electron chi connectivity index (χ0n) is 10.2. The Morgan fingerprint density at radius 2 is 2.28 bits per heavy atom. The van der Waals surface area contributed by atoms with Crippen LogP contribution in [0.4, 0.5) is 4.39 Å². The summed E-state index contributed by atoms with van der Waals surface area (Å²) in [7, 11) is 0. The maximum Gasteiger partial charge on any atom is 0.137 e. The SMILES string of the molecule is OC(Cc1cccc(F)c1Br)CC1CCCCO1. The van der Waals surface area contributed by atoms with E-state index in [1.165, 1.54) is 12.5 Å². The minimum atomic E-state index is -0.480. The number of aliphatic hydroxyl groups excluding tert-OH is 1. The largest absolute Gasteiger partial charge is 0.393 e. The maximum absolute atomic E-state index is 13.3. The number of halogens is 2. The van der Waals surface area contributed by atoms with Crippen molar-refractivity contribution in [2.45, 2.75) is 44.3 Å². The van der Waals surface area contributed by atoms with Gasteiger partial charge in [-0.05, 0) is 59.7 Å². The molecule has 0 spiro atoms. The van der Waals surface area contributed by atoms with Crippen molar-refractivity contribution in [3.63, 3.8) is 0 Å². The third-order valence-corrected chi connectivity index (χ3v) is 4.18. The summed E-state index contributed by atoms with van der Waals surface area (Å²) in [6.07, 6.45) is 4.05. The molecular weight excluding hydrogens is 299 g/mol. The molecule has 2 nitrogen and oxygen atoms in total. The van der Waals surface area contributed by atoms with Crippen molar-refractivity contribution in [3.05, 3.63) is 34.1 Å². The maximum atomic E-state index is 13.3. The Hall–Kier alpha value is -0.450. The summed E-state index contributed by atoms with van der Waals surface area (Å²) in [5.41, 5.74) is 0.804. The molecule has 0 radical (unpaired) electrons. The highest BCUT2D eigenvalue weighted by atomic mass is 79.9. The molecule has 1 aliphatic rings. The van der Waals surface area contributed by atoms with E-state index in [1.807, 2.05) is 6.07 Å². The molecular formula is C14H18BrFO2. The first kappa shape index (κ1) is 14.0. The zero-order valence-corrected chi connectivity index (χ0v) is 11.8. The molecule has 1 fully saturated rings. The molecule has 100 valence electrons. The highest BCUT2D eigenvalue weighted by molar-refractivity contribution is 9.10. The van der Waals surface area contributed by atoms with Gasteiger partial charge in [0.15, 0.2) is 0 Å². The molecule has 2 rings (SSSR count). The molecule has 1 heterocycles. The molecule has 1 aromatic rings. The van der Waals surface area contributed by atoms with Gasteiger partial charge in [0.05, 0.1) is 16.7 Å². The molecule has 2 atom stereocenters. The van der Waals surface area contributed by atoms with Crippen molar-refractivity contribution in [2.24, 2.45) is 0 Å². The Kier molecular flexibility index (Phi) is 5.15. The molecule has 1 aromatic carbocycles. The summed E-state index contributed by atoms with van der Waals surface area (Å²) in [6, 6.07) is 4.90. The normalized spacial score (nSPS) is 21.8. The Morgan fingerprint density at radius 1 is 1.44 bits per heavy atom. The van der Waals surface area contributed by atoms with Gasteiger partial charge in [-0.2, -0.15) is 0 Å². The molecule has 1 N–H and O–H groups in total. The van der Waals surface area contributed by atoms with E-state index in [1.54, 1.807) is 6.07 Å². The first-order valence-electron chi connectivity index (χ1n) is 6.39. The molecule has 0 aliphatic carbocycles. The van der Waals surface area contributed by atoms with E-state index in [0.717, 1.165) is 25.0 Å². The van der Waals surface area contributed by atoms with Crippen LogP contribution in [0.3, 0.4) is 0 Å². The van der Waals surface area contributed by atoms with E-state index in [-0.39, 0.29) is 11.9 Å². The van der Waals surface area contributed by atoms with Crippen LogP contribution in [0.25, 0.3) is 0 Å². The second-order valence-corrected chi connectivity index (χ2v) is 5.59. The summed E-state index contributed by atoms with van der Waals surface area (Å²) < 4.78 is 19.4. The topological polar surface area (TPSA) is 29.5 Å². The molecule has 0 saturated carbocycles. The average Bonchev–Trinajstić information content (AvgIpc) is 2.36. The summed E-state index contributed by atoms with van der Waals surface area (Å²) in [6.45, 7) is 0.793. The minimum Gasteiger partial charge on any atom is -0.393 e. The zero-order chi connectivity index (χ0) is 13.0. The van der Waals surface area contributed by atoms with Crippen molar-refractivity contribution >= 4 is 15.9 Å². The fraction of sp³-hybridized carbons (Fsp3) is 0.571. The van der Waals surface area contributed by atoms with Crippen LogP contribution in [0.15, 0.2) is 22.7 Å². The fourth-order valence-electron chi connectivity index (χ4n) is 2.34. The van der Waals surface area contributed by atoms with Gasteiger partial charge in [-0.25, -0.2) is 4.39 Å². The van der Waals surface area contributed by atoms with Crippen LogP contribution in [0.5, 0.6) is 0 Å². The summed E-state index contributed by atoms with van der Waals surface area (Å²) >= 11 is 3.22. The lowest BCUT2D eigenvalue weighted by molar-refractivity contribution is -0.0148. The van der Waals surface area contributed by atoms with Gasteiger partial charge in [-0.1, -0.05) is 12.1 Å². The quantitative estimate of drug-likeness (QED) is 0.922. The minimum absolute atomic E-state index is 0.154. The summed E-state index contributed by atoms with van der Waals surface area (Å²) in [5, 5.41) is 10.0. The summed E-state index contributed by atoms with van der Waals surface area (Å²) in [4.78, 5) is 0. The first-order valence-corrected chi connectivity index (χ1v) is 7.18. The van der Waals surface area contributed by atoms with Crippen LogP contribution >= 0.6 is 15.9 Å². The van der Waals surface area contributed by atoms with Gasteiger partial charge in [-0.3, -0.25) is 0 Å². The van der Waals surface area contributed by atoms with E-state index in [0.29, 0.717) is 17.3 Å². The number of aliphatic hydroxyl groups is 1. The Balaban J connectivity index is 1.90. The number of benzene rings is 1. The predicted octanol–water partition coefficient (Wildman–Crippen LogP) is 3.45. The van der Waals surface area contributed by atoms with E-state index in [4.69, 9.17) is 4.74 Å². The molecule has 2 unspecified atom stereocenters. The van der Waals surface area contributed by atoms with Gasteiger partial charge in [0.2, 0.25) is 0 Å². The Labute approximate surface area is 115 Å². The van der Waals surface area contributed by atoms with Crippen LogP contribution in [0.2, 0.25) is 0 Å². The standard InChI is InChI=1S/C14H18BrFO2/c15-14-10(4-3-6-13(14)16)8-11(17)9-12-5-1-2-7-18-12/h3-4,6,11-12,17H,1-2,5,7-9H2. The molecule has 0 aromatic heterocycles. The summed E-state index contributed by atoms with van der Waals surface area (Å²) in [5.74, 6) is -0.284. The average molecular weight is 317 g/mol. The molecule has 4 heteroatoms. The van der Waals surface area contributed by atoms with Gasteiger partial charge in [0, 0.05) is 6.61 Å². The van der Waals surface area contributed by atoms with Gasteiger partial charge in [0.1, 0.15) is 5.82 Å². The highest BCUT2D eigenvalue weighted by Crippen LogP contribution is 2.24. The van der Waals surface area contributed by atoms with Crippen LogP contribution in [0, 0.1) is 5.82 Å². The van der Waals surface area contributed by atoms with Gasteiger partial charge in [0.25, 0.3) is 0 Å². The fourth-order valence-corrected chi connectivity index (χ4v) is 2.77. The molecule has 0 amide bonds. The molecule has 18 heavy (non-hydrogen) atoms. The number of hydrogen-bond acceptors (Lipinski definition) is 2. The lowest BCUT2D eigenvalue weighted by atomic mass is 9.99. The predicted molar refractivity (Wildman–Crippen MR) is 72.0 cm³/mol. The third kappa shape index (κ3) is 3.77. The molecule has 1 aliphatic heterocycles. The van der Waals surface area contributed by atoms with Crippen molar-refractivity contribution in [1.82, 2.24) is 0 Å². The van der Waals surface area contributed by atoms with Gasteiger partial charge >= 0.3 is 0 Å². The second-order valence-electron chi connectivity index (χ2n) is 4.80. The lowest BCUT2D eigenvalue weighted by Crippen LogP contribution is -2.25. The number of ether oxygens (including phenoxy) is 1. The second kappa shape index (κ2) is 6.64. The lowest BCUT2D eigenvalue weighted by Gasteiger charge is -2.24. The Morgan fingerprint density at radius 3 is 3.00 bits per heavy atom. The third-order valence-electron chi connectivity index (χ3n) is 3.30. The van der Waals surface area contributed by atoms with Crippen molar-refractivity contribution in [3.8, 4) is 0 Å². The van der Waals surface area contributed by atoms with E-state index >= 15 is 0 Å². The van der Waals surface area contributed by atoms with Crippen LogP contribution < -0.4 is 0 Å². The van der Waals surface area contributed by atoms with Crippen LogP contribution in [-0.2, 0) is 11.2 Å². The van der Waals surface area contributed by atoms with E-state index in [9.17, 15) is 9.50 Å². The van der Waals surface area contributed by atoms with Crippen molar-refractivity contribution in [1.29, 1.82) is 0 Å². The smallest absolute Gasteiger partial charge is 0.137 e. The first-order chi connectivity index (χ1) is 8.66. The van der Waals surface area contributed by atoms with Crippen molar-refractivity contribution < 1.29 is 14.2 Å².